The largest absolute Gasteiger partial charge is 0.298 e. The molecule has 0 unspecified atom stereocenters. The van der Waals surface area contributed by atoms with Gasteiger partial charge in [0.2, 0.25) is 0 Å². The van der Waals surface area contributed by atoms with Crippen molar-refractivity contribution in [1.82, 2.24) is 14.4 Å². The topological polar surface area (TPSA) is 30.2 Å². The van der Waals surface area contributed by atoms with Crippen molar-refractivity contribution in [2.45, 2.75) is 12.8 Å². The Morgan fingerprint density at radius 3 is 2.13 bits per heavy atom. The van der Waals surface area contributed by atoms with Crippen molar-refractivity contribution in [2.75, 3.05) is 0 Å². The molecule has 0 fully saturated rings. The Morgan fingerprint density at radius 1 is 0.710 bits per heavy atom. The molecule has 6 aromatic rings. The molecule has 144 valence electrons. The van der Waals surface area contributed by atoms with E-state index >= 15 is 0 Å². The molecule has 8 rings (SSSR count). The van der Waals surface area contributed by atoms with Gasteiger partial charge < -0.3 is 0 Å². The lowest BCUT2D eigenvalue weighted by atomic mass is 9.88. The van der Waals surface area contributed by atoms with Gasteiger partial charge in [0.25, 0.3) is 0 Å². The molecule has 3 aromatic heterocycles. The molecule has 0 atom stereocenters. The van der Waals surface area contributed by atoms with Crippen molar-refractivity contribution >= 4 is 27.3 Å². The second-order valence-electron chi connectivity index (χ2n) is 8.64. The molecule has 0 radical (unpaired) electrons. The standard InChI is InChI=1S/C28H17N3/c1-3-7-18-16(5-1)13-21-22-14-17-6-2-4-8-19(17)25(22)27-26(24(18)21)20-9-10-29-15-23(20)31-12-11-30-28(27)31/h1-12,15H,13-14H2. The highest BCUT2D eigenvalue weighted by Gasteiger charge is 2.33. The van der Waals surface area contributed by atoms with Gasteiger partial charge in [-0.05, 0) is 63.4 Å². The molecule has 0 N–H and O–H groups in total. The van der Waals surface area contributed by atoms with Crippen LogP contribution in [0.1, 0.15) is 22.3 Å². The van der Waals surface area contributed by atoms with E-state index < -0.39 is 0 Å². The predicted molar refractivity (Wildman–Crippen MR) is 124 cm³/mol. The van der Waals surface area contributed by atoms with E-state index in [9.17, 15) is 0 Å². The Balaban J connectivity index is 1.73. The summed E-state index contributed by atoms with van der Waals surface area (Å²) in [4.78, 5) is 9.31. The van der Waals surface area contributed by atoms with Crippen LogP contribution >= 0.6 is 0 Å². The Hall–Kier alpha value is -3.98. The summed E-state index contributed by atoms with van der Waals surface area (Å²) >= 11 is 0. The lowest BCUT2D eigenvalue weighted by Gasteiger charge is -2.18. The average Bonchev–Trinajstić information content (AvgIpc) is 3.53. The Morgan fingerprint density at radius 2 is 1.39 bits per heavy atom. The third kappa shape index (κ3) is 1.81. The van der Waals surface area contributed by atoms with Crippen LogP contribution in [0, 0.1) is 0 Å². The van der Waals surface area contributed by atoms with Crippen LogP contribution in [0.25, 0.3) is 49.6 Å². The summed E-state index contributed by atoms with van der Waals surface area (Å²) in [6.07, 6.45) is 9.86. The van der Waals surface area contributed by atoms with Gasteiger partial charge in [-0.3, -0.25) is 9.38 Å². The van der Waals surface area contributed by atoms with Crippen molar-refractivity contribution in [2.24, 2.45) is 0 Å². The monoisotopic (exact) mass is 395 g/mol. The van der Waals surface area contributed by atoms with Crippen molar-refractivity contribution in [3.05, 3.63) is 102 Å². The minimum atomic E-state index is 0.999. The summed E-state index contributed by atoms with van der Waals surface area (Å²) in [6.45, 7) is 0. The van der Waals surface area contributed by atoms with E-state index in [4.69, 9.17) is 4.98 Å². The number of benzene rings is 3. The van der Waals surface area contributed by atoms with Crippen molar-refractivity contribution < 1.29 is 0 Å². The summed E-state index contributed by atoms with van der Waals surface area (Å²) in [5, 5.41) is 3.85. The molecular formula is C28H17N3. The van der Waals surface area contributed by atoms with Gasteiger partial charge in [0.1, 0.15) is 5.65 Å². The van der Waals surface area contributed by atoms with E-state index in [2.05, 4.69) is 70.2 Å². The SMILES string of the molecule is c1ccc2c(c1)Cc1c3c(c4c(c1-2)c1ccncc1n1ccnc41)-c1ccccc1C3. The zero-order valence-electron chi connectivity index (χ0n) is 16.8. The molecule has 3 heterocycles. The fourth-order valence-electron chi connectivity index (χ4n) is 6.02. The Labute approximate surface area is 178 Å². The molecule has 2 aliphatic rings. The van der Waals surface area contributed by atoms with Gasteiger partial charge in [0.05, 0.1) is 11.7 Å². The highest BCUT2D eigenvalue weighted by Crippen LogP contribution is 2.53. The van der Waals surface area contributed by atoms with Crippen LogP contribution in [0.2, 0.25) is 0 Å². The second-order valence-corrected chi connectivity index (χ2v) is 8.64. The van der Waals surface area contributed by atoms with Crippen molar-refractivity contribution in [3.8, 4) is 22.3 Å². The smallest absolute Gasteiger partial charge is 0.145 e. The third-order valence-electron chi connectivity index (χ3n) is 7.22. The molecule has 3 heteroatoms. The highest BCUT2D eigenvalue weighted by atomic mass is 15.0. The summed E-state index contributed by atoms with van der Waals surface area (Å²) in [5.41, 5.74) is 13.5. The zero-order valence-corrected chi connectivity index (χ0v) is 16.8. The molecule has 0 saturated heterocycles. The van der Waals surface area contributed by atoms with Crippen LogP contribution < -0.4 is 0 Å². The number of rotatable bonds is 0. The van der Waals surface area contributed by atoms with E-state index in [0.29, 0.717) is 0 Å². The lowest BCUT2D eigenvalue weighted by Crippen LogP contribution is -1.98. The van der Waals surface area contributed by atoms with Gasteiger partial charge in [-0.15, -0.1) is 0 Å². The maximum atomic E-state index is 4.86. The molecule has 3 aromatic carbocycles. The normalized spacial score (nSPS) is 13.5. The molecule has 0 aliphatic heterocycles. The van der Waals surface area contributed by atoms with E-state index in [1.54, 1.807) is 0 Å². The van der Waals surface area contributed by atoms with Gasteiger partial charge in [0.15, 0.2) is 0 Å². The van der Waals surface area contributed by atoms with E-state index in [-0.39, 0.29) is 0 Å². The van der Waals surface area contributed by atoms with Crippen LogP contribution in [0.5, 0.6) is 0 Å². The molecule has 0 saturated carbocycles. The number of hydrogen-bond donors (Lipinski definition) is 0. The number of fused-ring (bicyclic) bond motifs is 15. The molecule has 31 heavy (non-hydrogen) atoms. The summed E-state index contributed by atoms with van der Waals surface area (Å²) < 4.78 is 2.21. The molecule has 0 amide bonds. The fraction of sp³-hybridized carbons (Fsp3) is 0.0714. The third-order valence-corrected chi connectivity index (χ3v) is 7.22. The van der Waals surface area contributed by atoms with Crippen LogP contribution in [-0.2, 0) is 12.8 Å². The number of nitrogens with zero attached hydrogens (tertiary/aromatic N) is 3. The molecule has 0 spiro atoms. The van der Waals surface area contributed by atoms with Crippen molar-refractivity contribution in [3.63, 3.8) is 0 Å². The average molecular weight is 395 g/mol. The van der Waals surface area contributed by atoms with Gasteiger partial charge in [-0.1, -0.05) is 48.5 Å². The molecule has 3 nitrogen and oxygen atoms in total. The first kappa shape index (κ1) is 15.8. The summed E-state index contributed by atoms with van der Waals surface area (Å²) in [5.74, 6) is 0. The van der Waals surface area contributed by atoms with E-state index in [1.807, 2.05) is 18.6 Å². The Bertz CT molecular complexity index is 1740. The predicted octanol–water partition coefficient (Wildman–Crippen LogP) is 6.18. The first-order valence-corrected chi connectivity index (χ1v) is 10.8. The van der Waals surface area contributed by atoms with E-state index in [0.717, 1.165) is 24.0 Å². The highest BCUT2D eigenvalue weighted by molar-refractivity contribution is 6.24. The van der Waals surface area contributed by atoms with Crippen LogP contribution in [0.3, 0.4) is 0 Å². The van der Waals surface area contributed by atoms with Gasteiger partial charge in [0, 0.05) is 34.7 Å². The molecule has 2 aliphatic carbocycles. The number of aromatic nitrogens is 3. The summed E-state index contributed by atoms with van der Waals surface area (Å²) in [6, 6.07) is 20.0. The van der Waals surface area contributed by atoms with Gasteiger partial charge >= 0.3 is 0 Å². The first-order chi connectivity index (χ1) is 15.4. The van der Waals surface area contributed by atoms with Gasteiger partial charge in [-0.2, -0.15) is 0 Å². The molecule has 0 bridgehead atoms. The zero-order chi connectivity index (χ0) is 20.1. The lowest BCUT2D eigenvalue weighted by molar-refractivity contribution is 1.17. The number of pyridine rings is 2. The maximum absolute atomic E-state index is 4.86. The quantitative estimate of drug-likeness (QED) is 0.287. The minimum Gasteiger partial charge on any atom is -0.298 e. The van der Waals surface area contributed by atoms with Gasteiger partial charge in [-0.25, -0.2) is 4.98 Å². The number of imidazole rings is 1. The Kier molecular flexibility index (Phi) is 2.74. The van der Waals surface area contributed by atoms with Crippen LogP contribution in [0.4, 0.5) is 0 Å². The van der Waals surface area contributed by atoms with Crippen LogP contribution in [0.15, 0.2) is 79.4 Å². The second kappa shape index (κ2) is 5.38. The maximum Gasteiger partial charge on any atom is 0.145 e. The minimum absolute atomic E-state index is 0.999. The first-order valence-electron chi connectivity index (χ1n) is 10.8. The fourth-order valence-corrected chi connectivity index (χ4v) is 6.02. The number of hydrogen-bond acceptors (Lipinski definition) is 2. The molecular weight excluding hydrogens is 378 g/mol. The van der Waals surface area contributed by atoms with Crippen LogP contribution in [-0.4, -0.2) is 14.4 Å². The summed E-state index contributed by atoms with van der Waals surface area (Å²) in [7, 11) is 0. The van der Waals surface area contributed by atoms with E-state index in [1.165, 1.54) is 60.7 Å². The van der Waals surface area contributed by atoms with Crippen molar-refractivity contribution in [1.29, 1.82) is 0 Å².